The van der Waals surface area contributed by atoms with Crippen molar-refractivity contribution < 1.29 is 12.8 Å². The van der Waals surface area contributed by atoms with Gasteiger partial charge in [0, 0.05) is 32.7 Å². The van der Waals surface area contributed by atoms with Gasteiger partial charge in [0.05, 0.1) is 11.9 Å². The third kappa shape index (κ3) is 3.65. The minimum absolute atomic E-state index is 0.144. The van der Waals surface area contributed by atoms with E-state index in [2.05, 4.69) is 4.90 Å². The number of hydrogen-bond acceptors (Lipinski definition) is 4. The molecule has 1 aromatic rings. The minimum Gasteiger partial charge on any atom is -0.396 e. The summed E-state index contributed by atoms with van der Waals surface area (Å²) in [5.74, 6) is -0.410. The summed E-state index contributed by atoms with van der Waals surface area (Å²) in [6, 6.07) is 4.77. The molecule has 0 spiro atoms. The van der Waals surface area contributed by atoms with E-state index >= 15 is 0 Å². The Bertz CT molecular complexity index is 554. The first-order valence-corrected chi connectivity index (χ1v) is 7.92. The Morgan fingerprint density at radius 1 is 1.26 bits per heavy atom. The van der Waals surface area contributed by atoms with Gasteiger partial charge in [0.15, 0.2) is 0 Å². The molecule has 1 heterocycles. The molecule has 2 rings (SSSR count). The zero-order valence-electron chi connectivity index (χ0n) is 10.8. The molecule has 0 bridgehead atoms. The second-order valence-corrected chi connectivity index (χ2v) is 6.78. The molecule has 0 radical (unpaired) electrons. The third-order valence-corrected chi connectivity index (χ3v) is 4.57. The lowest BCUT2D eigenvalue weighted by atomic mass is 10.2. The van der Waals surface area contributed by atoms with E-state index in [1.165, 1.54) is 16.6 Å². The SMILES string of the molecule is CS(=O)(=O)N1CCN(Cc2ccc(N)c(F)c2)CC1. The van der Waals surface area contributed by atoms with Gasteiger partial charge >= 0.3 is 0 Å². The molecule has 0 saturated carbocycles. The molecule has 1 saturated heterocycles. The highest BCUT2D eigenvalue weighted by molar-refractivity contribution is 7.88. The highest BCUT2D eigenvalue weighted by Crippen LogP contribution is 2.15. The van der Waals surface area contributed by atoms with Crippen molar-refractivity contribution in [3.8, 4) is 0 Å². The molecule has 0 atom stereocenters. The topological polar surface area (TPSA) is 66.6 Å². The van der Waals surface area contributed by atoms with Crippen LogP contribution in [0.5, 0.6) is 0 Å². The molecular weight excluding hydrogens is 269 g/mol. The molecule has 19 heavy (non-hydrogen) atoms. The number of anilines is 1. The maximum absolute atomic E-state index is 13.3. The fraction of sp³-hybridized carbons (Fsp3) is 0.500. The first-order chi connectivity index (χ1) is 8.86. The average molecular weight is 287 g/mol. The van der Waals surface area contributed by atoms with Gasteiger partial charge in [-0.15, -0.1) is 0 Å². The second kappa shape index (κ2) is 5.44. The van der Waals surface area contributed by atoms with Crippen LogP contribution in [-0.4, -0.2) is 50.1 Å². The largest absolute Gasteiger partial charge is 0.396 e. The Morgan fingerprint density at radius 3 is 2.42 bits per heavy atom. The summed E-state index contributed by atoms with van der Waals surface area (Å²) in [7, 11) is -3.10. The van der Waals surface area contributed by atoms with E-state index in [0.717, 1.165) is 5.56 Å². The predicted octanol–water partition coefficient (Wildman–Crippen LogP) is 0.485. The number of rotatable bonds is 3. The van der Waals surface area contributed by atoms with E-state index < -0.39 is 15.8 Å². The number of nitrogen functional groups attached to an aromatic ring is 1. The number of piperazine rings is 1. The summed E-state index contributed by atoms with van der Waals surface area (Å²) in [6.45, 7) is 2.87. The molecule has 2 N–H and O–H groups in total. The standard InChI is InChI=1S/C12H18FN3O2S/c1-19(17,18)16-6-4-15(5-7-16)9-10-2-3-12(14)11(13)8-10/h2-3,8H,4-7,9,14H2,1H3. The Labute approximate surface area is 112 Å². The van der Waals surface area contributed by atoms with Crippen molar-refractivity contribution in [3.05, 3.63) is 29.6 Å². The van der Waals surface area contributed by atoms with Gasteiger partial charge in [-0.1, -0.05) is 6.07 Å². The zero-order valence-corrected chi connectivity index (χ0v) is 11.7. The van der Waals surface area contributed by atoms with Crippen molar-refractivity contribution in [1.82, 2.24) is 9.21 Å². The fourth-order valence-electron chi connectivity index (χ4n) is 2.15. The maximum Gasteiger partial charge on any atom is 0.211 e. The van der Waals surface area contributed by atoms with Crippen LogP contribution in [0.3, 0.4) is 0 Å². The Balaban J connectivity index is 1.94. The van der Waals surface area contributed by atoms with E-state index in [1.807, 2.05) is 0 Å². The van der Waals surface area contributed by atoms with Crippen molar-refractivity contribution in [3.63, 3.8) is 0 Å². The number of nitrogens with two attached hydrogens (primary N) is 1. The van der Waals surface area contributed by atoms with Gasteiger partial charge in [-0.05, 0) is 17.7 Å². The van der Waals surface area contributed by atoms with Gasteiger partial charge in [0.2, 0.25) is 10.0 Å². The number of benzene rings is 1. The first kappa shape index (κ1) is 14.2. The fourth-order valence-corrected chi connectivity index (χ4v) is 2.97. The highest BCUT2D eigenvalue weighted by atomic mass is 32.2. The molecular formula is C12H18FN3O2S. The summed E-state index contributed by atoms with van der Waals surface area (Å²) >= 11 is 0. The van der Waals surface area contributed by atoms with Gasteiger partial charge in [0.1, 0.15) is 5.82 Å². The smallest absolute Gasteiger partial charge is 0.211 e. The number of sulfonamides is 1. The molecule has 7 heteroatoms. The second-order valence-electron chi connectivity index (χ2n) is 4.79. The lowest BCUT2D eigenvalue weighted by Gasteiger charge is -2.33. The van der Waals surface area contributed by atoms with Crippen LogP contribution in [0.4, 0.5) is 10.1 Å². The van der Waals surface area contributed by atoms with Gasteiger partial charge in [-0.25, -0.2) is 12.8 Å². The third-order valence-electron chi connectivity index (χ3n) is 3.27. The van der Waals surface area contributed by atoms with Crippen molar-refractivity contribution in [2.24, 2.45) is 0 Å². The number of nitrogens with zero attached hydrogens (tertiary/aromatic N) is 2. The van der Waals surface area contributed by atoms with Crippen molar-refractivity contribution in [2.75, 3.05) is 38.2 Å². The Hall–Kier alpha value is -1.18. The summed E-state index contributed by atoms with van der Waals surface area (Å²) in [4.78, 5) is 2.10. The molecule has 0 amide bonds. The van der Waals surface area contributed by atoms with Gasteiger partial charge < -0.3 is 5.73 Å². The summed E-state index contributed by atoms with van der Waals surface area (Å²) < 4.78 is 37.5. The van der Waals surface area contributed by atoms with Gasteiger partial charge in [-0.3, -0.25) is 4.90 Å². The Morgan fingerprint density at radius 2 is 1.89 bits per heavy atom. The molecule has 1 aliphatic heterocycles. The maximum atomic E-state index is 13.3. The molecule has 0 aliphatic carbocycles. The van der Waals surface area contributed by atoms with E-state index in [1.54, 1.807) is 12.1 Å². The quantitative estimate of drug-likeness (QED) is 0.821. The van der Waals surface area contributed by atoms with Crippen LogP contribution in [0.25, 0.3) is 0 Å². The molecule has 1 fully saturated rings. The normalized spacial score (nSPS) is 18.6. The first-order valence-electron chi connectivity index (χ1n) is 6.07. The molecule has 1 aromatic carbocycles. The lowest BCUT2D eigenvalue weighted by Crippen LogP contribution is -2.47. The van der Waals surface area contributed by atoms with E-state index in [-0.39, 0.29) is 5.69 Å². The van der Waals surface area contributed by atoms with Crippen LogP contribution in [0.2, 0.25) is 0 Å². The van der Waals surface area contributed by atoms with E-state index in [4.69, 9.17) is 5.73 Å². The molecule has 0 aromatic heterocycles. The molecule has 0 unspecified atom stereocenters. The number of hydrogen-bond donors (Lipinski definition) is 1. The number of halogens is 1. The molecule has 5 nitrogen and oxygen atoms in total. The molecule has 1 aliphatic rings. The van der Waals surface area contributed by atoms with Gasteiger partial charge in [-0.2, -0.15) is 4.31 Å². The van der Waals surface area contributed by atoms with Crippen LogP contribution >= 0.6 is 0 Å². The van der Waals surface area contributed by atoms with E-state index in [9.17, 15) is 12.8 Å². The van der Waals surface area contributed by atoms with Crippen molar-refractivity contribution >= 4 is 15.7 Å². The monoisotopic (exact) mass is 287 g/mol. The van der Waals surface area contributed by atoms with Crippen molar-refractivity contribution in [1.29, 1.82) is 0 Å². The van der Waals surface area contributed by atoms with Crippen LogP contribution in [0.15, 0.2) is 18.2 Å². The lowest BCUT2D eigenvalue weighted by molar-refractivity contribution is 0.182. The van der Waals surface area contributed by atoms with Crippen LogP contribution < -0.4 is 5.73 Å². The van der Waals surface area contributed by atoms with E-state index in [0.29, 0.717) is 32.7 Å². The predicted molar refractivity (Wildman–Crippen MR) is 72.5 cm³/mol. The van der Waals surface area contributed by atoms with Crippen LogP contribution in [0, 0.1) is 5.82 Å². The minimum atomic E-state index is -3.10. The van der Waals surface area contributed by atoms with Crippen LogP contribution in [-0.2, 0) is 16.6 Å². The summed E-state index contributed by atoms with van der Waals surface area (Å²) in [5, 5.41) is 0. The zero-order chi connectivity index (χ0) is 14.0. The highest BCUT2D eigenvalue weighted by Gasteiger charge is 2.23. The average Bonchev–Trinajstić information content (AvgIpc) is 2.33. The van der Waals surface area contributed by atoms with Crippen molar-refractivity contribution in [2.45, 2.75) is 6.54 Å². The molecule has 106 valence electrons. The van der Waals surface area contributed by atoms with Crippen LogP contribution in [0.1, 0.15) is 5.56 Å². The van der Waals surface area contributed by atoms with Gasteiger partial charge in [0.25, 0.3) is 0 Å². The summed E-state index contributed by atoms with van der Waals surface area (Å²) in [5.41, 5.74) is 6.42. The Kier molecular flexibility index (Phi) is 4.07. The summed E-state index contributed by atoms with van der Waals surface area (Å²) in [6.07, 6.45) is 1.22.